The Bertz CT molecular complexity index is 705. The Hall–Kier alpha value is -2.77. The van der Waals surface area contributed by atoms with Crippen molar-refractivity contribution in [1.29, 1.82) is 0 Å². The van der Waals surface area contributed by atoms with Crippen molar-refractivity contribution < 1.29 is 13.6 Å². The SMILES string of the molecule is Cc1nc(N(C)C)nc(C)c1NC(=O)Nc1c(F)cccc1F. The van der Waals surface area contributed by atoms with Crippen LogP contribution in [0.2, 0.25) is 0 Å². The Balaban J connectivity index is 2.21. The number of nitrogens with zero attached hydrogens (tertiary/aromatic N) is 3. The molecule has 0 aliphatic carbocycles. The molecule has 122 valence electrons. The van der Waals surface area contributed by atoms with Gasteiger partial charge in [0.05, 0.1) is 17.1 Å². The lowest BCUT2D eigenvalue weighted by Gasteiger charge is -2.16. The highest BCUT2D eigenvalue weighted by atomic mass is 19.1. The molecule has 1 aromatic heterocycles. The number of aromatic nitrogens is 2. The number of urea groups is 1. The van der Waals surface area contributed by atoms with Gasteiger partial charge < -0.3 is 15.5 Å². The molecule has 0 saturated carbocycles. The van der Waals surface area contributed by atoms with Gasteiger partial charge in [0.1, 0.15) is 17.3 Å². The van der Waals surface area contributed by atoms with Gasteiger partial charge in [0.25, 0.3) is 0 Å². The summed E-state index contributed by atoms with van der Waals surface area (Å²) in [6.07, 6.45) is 0. The lowest BCUT2D eigenvalue weighted by molar-refractivity contribution is 0.262. The molecular formula is C15H17F2N5O. The first-order valence-corrected chi connectivity index (χ1v) is 6.84. The van der Waals surface area contributed by atoms with E-state index in [-0.39, 0.29) is 0 Å². The topological polar surface area (TPSA) is 70.2 Å². The van der Waals surface area contributed by atoms with Crippen molar-refractivity contribution in [2.75, 3.05) is 29.6 Å². The van der Waals surface area contributed by atoms with Gasteiger partial charge in [-0.25, -0.2) is 23.5 Å². The van der Waals surface area contributed by atoms with Gasteiger partial charge in [0.15, 0.2) is 0 Å². The fourth-order valence-corrected chi connectivity index (χ4v) is 1.96. The van der Waals surface area contributed by atoms with Crippen LogP contribution >= 0.6 is 0 Å². The zero-order chi connectivity index (χ0) is 17.1. The third kappa shape index (κ3) is 3.71. The highest BCUT2D eigenvalue weighted by Gasteiger charge is 2.15. The summed E-state index contributed by atoms with van der Waals surface area (Å²) in [5.41, 5.74) is 0.978. The van der Waals surface area contributed by atoms with Crippen molar-refractivity contribution >= 4 is 23.4 Å². The van der Waals surface area contributed by atoms with Crippen LogP contribution in [0.4, 0.5) is 30.9 Å². The number of carbonyl (C=O) groups is 1. The summed E-state index contributed by atoms with van der Waals surface area (Å²) in [7, 11) is 3.60. The standard InChI is InChI=1S/C15H17F2N5O/c1-8-12(9(2)19-14(18-8)22(3)4)20-15(23)21-13-10(16)6-5-7-11(13)17/h5-7H,1-4H3,(H2,20,21,23). The number of hydrogen-bond acceptors (Lipinski definition) is 4. The second kappa shape index (κ2) is 6.55. The van der Waals surface area contributed by atoms with Gasteiger partial charge in [-0.3, -0.25) is 0 Å². The highest BCUT2D eigenvalue weighted by molar-refractivity contribution is 6.00. The van der Waals surface area contributed by atoms with E-state index in [0.717, 1.165) is 12.1 Å². The van der Waals surface area contributed by atoms with Crippen LogP contribution in [-0.2, 0) is 0 Å². The van der Waals surface area contributed by atoms with Gasteiger partial charge in [-0.05, 0) is 26.0 Å². The molecule has 1 heterocycles. The van der Waals surface area contributed by atoms with Crippen LogP contribution < -0.4 is 15.5 Å². The van der Waals surface area contributed by atoms with E-state index in [1.54, 1.807) is 32.8 Å². The second-order valence-electron chi connectivity index (χ2n) is 5.14. The zero-order valence-electron chi connectivity index (χ0n) is 13.2. The van der Waals surface area contributed by atoms with Crippen LogP contribution in [0.15, 0.2) is 18.2 Å². The number of halogens is 2. The zero-order valence-corrected chi connectivity index (χ0v) is 13.2. The summed E-state index contributed by atoms with van der Waals surface area (Å²) in [6.45, 7) is 3.42. The first kappa shape index (κ1) is 16.6. The van der Waals surface area contributed by atoms with Gasteiger partial charge in [-0.2, -0.15) is 0 Å². The van der Waals surface area contributed by atoms with E-state index in [1.807, 2.05) is 0 Å². The Morgan fingerprint density at radius 2 is 1.48 bits per heavy atom. The van der Waals surface area contributed by atoms with Crippen LogP contribution in [0.25, 0.3) is 0 Å². The van der Waals surface area contributed by atoms with Gasteiger partial charge in [0, 0.05) is 14.1 Å². The summed E-state index contributed by atoms with van der Waals surface area (Å²) in [5, 5.41) is 4.67. The largest absolute Gasteiger partial charge is 0.347 e. The Morgan fingerprint density at radius 3 is 1.96 bits per heavy atom. The summed E-state index contributed by atoms with van der Waals surface area (Å²) in [6, 6.07) is 2.56. The van der Waals surface area contributed by atoms with Gasteiger partial charge in [0.2, 0.25) is 5.95 Å². The van der Waals surface area contributed by atoms with E-state index in [4.69, 9.17) is 0 Å². The highest BCUT2D eigenvalue weighted by Crippen LogP contribution is 2.21. The van der Waals surface area contributed by atoms with E-state index in [1.165, 1.54) is 6.07 Å². The van der Waals surface area contributed by atoms with Gasteiger partial charge >= 0.3 is 6.03 Å². The molecule has 0 radical (unpaired) electrons. The van der Waals surface area contributed by atoms with E-state index >= 15 is 0 Å². The molecule has 2 amide bonds. The average molecular weight is 321 g/mol. The summed E-state index contributed by atoms with van der Waals surface area (Å²) < 4.78 is 27.1. The molecular weight excluding hydrogens is 304 g/mol. The molecule has 0 bridgehead atoms. The molecule has 0 aliphatic heterocycles. The molecule has 6 nitrogen and oxygen atoms in total. The molecule has 8 heteroatoms. The molecule has 2 N–H and O–H groups in total. The van der Waals surface area contributed by atoms with Crippen LogP contribution in [0.1, 0.15) is 11.4 Å². The Labute approximate surface area is 132 Å². The third-order valence-electron chi connectivity index (χ3n) is 3.10. The predicted molar refractivity (Wildman–Crippen MR) is 84.8 cm³/mol. The number of benzene rings is 1. The molecule has 0 aliphatic rings. The monoisotopic (exact) mass is 321 g/mol. The van der Waals surface area contributed by atoms with Crippen molar-refractivity contribution in [1.82, 2.24) is 9.97 Å². The van der Waals surface area contributed by atoms with Gasteiger partial charge in [-0.1, -0.05) is 6.07 Å². The van der Waals surface area contributed by atoms with Crippen LogP contribution in [0, 0.1) is 25.5 Å². The minimum Gasteiger partial charge on any atom is -0.347 e. The van der Waals surface area contributed by atoms with E-state index < -0.39 is 23.4 Å². The fourth-order valence-electron chi connectivity index (χ4n) is 1.96. The number of para-hydroxylation sites is 1. The summed E-state index contributed by atoms with van der Waals surface area (Å²) in [5.74, 6) is -1.20. The van der Waals surface area contributed by atoms with Crippen molar-refractivity contribution in [3.8, 4) is 0 Å². The molecule has 0 spiro atoms. The Morgan fingerprint density at radius 1 is 1.00 bits per heavy atom. The maximum absolute atomic E-state index is 13.5. The maximum Gasteiger partial charge on any atom is 0.323 e. The van der Waals surface area contributed by atoms with Crippen molar-refractivity contribution in [3.05, 3.63) is 41.2 Å². The smallest absolute Gasteiger partial charge is 0.323 e. The maximum atomic E-state index is 13.5. The minimum absolute atomic E-state index is 0.393. The summed E-state index contributed by atoms with van der Waals surface area (Å²) in [4.78, 5) is 22.2. The number of aryl methyl sites for hydroxylation is 2. The van der Waals surface area contributed by atoms with Crippen LogP contribution in [0.5, 0.6) is 0 Å². The first-order valence-electron chi connectivity index (χ1n) is 6.84. The molecule has 0 saturated heterocycles. The van der Waals surface area contributed by atoms with E-state index in [2.05, 4.69) is 20.6 Å². The van der Waals surface area contributed by atoms with E-state index in [9.17, 15) is 13.6 Å². The number of hydrogen-bond donors (Lipinski definition) is 2. The molecule has 0 unspecified atom stereocenters. The second-order valence-corrected chi connectivity index (χ2v) is 5.14. The molecule has 0 atom stereocenters. The predicted octanol–water partition coefficient (Wildman–Crippen LogP) is 3.08. The number of nitrogens with one attached hydrogen (secondary N) is 2. The first-order chi connectivity index (χ1) is 10.8. The lowest BCUT2D eigenvalue weighted by Crippen LogP contribution is -2.23. The number of rotatable bonds is 3. The fraction of sp³-hybridized carbons (Fsp3) is 0.267. The lowest BCUT2D eigenvalue weighted by atomic mass is 10.2. The minimum atomic E-state index is -0.854. The van der Waals surface area contributed by atoms with Crippen LogP contribution in [-0.4, -0.2) is 30.1 Å². The number of carbonyl (C=O) groups excluding carboxylic acids is 1. The normalized spacial score (nSPS) is 10.3. The quantitative estimate of drug-likeness (QED) is 0.911. The van der Waals surface area contributed by atoms with Crippen LogP contribution in [0.3, 0.4) is 0 Å². The molecule has 1 aromatic carbocycles. The van der Waals surface area contributed by atoms with Crippen molar-refractivity contribution in [2.45, 2.75) is 13.8 Å². The third-order valence-corrected chi connectivity index (χ3v) is 3.10. The number of amides is 2. The number of anilines is 3. The van der Waals surface area contributed by atoms with Gasteiger partial charge in [-0.15, -0.1) is 0 Å². The summed E-state index contributed by atoms with van der Waals surface area (Å²) >= 11 is 0. The molecule has 0 fully saturated rings. The molecule has 2 rings (SSSR count). The molecule has 2 aromatic rings. The average Bonchev–Trinajstić information content (AvgIpc) is 2.46. The van der Waals surface area contributed by atoms with E-state index in [0.29, 0.717) is 23.0 Å². The molecule has 23 heavy (non-hydrogen) atoms. The van der Waals surface area contributed by atoms with Crippen molar-refractivity contribution in [3.63, 3.8) is 0 Å². The Kier molecular flexibility index (Phi) is 4.73. The van der Waals surface area contributed by atoms with Crippen molar-refractivity contribution in [2.24, 2.45) is 0 Å².